The van der Waals surface area contributed by atoms with E-state index >= 15 is 0 Å². The fraction of sp³-hybridized carbons (Fsp3) is 0.400. The van der Waals surface area contributed by atoms with Crippen molar-refractivity contribution >= 4 is 23.0 Å². The lowest BCUT2D eigenvalue weighted by Gasteiger charge is -2.11. The lowest BCUT2D eigenvalue weighted by molar-refractivity contribution is -0.126. The molecule has 1 amide bonds. The molecular formula is C10H14N6O2. The number of hydrogen-bond donors (Lipinski definition) is 2. The van der Waals surface area contributed by atoms with Crippen LogP contribution in [0.3, 0.4) is 0 Å². The van der Waals surface area contributed by atoms with E-state index in [0.29, 0.717) is 17.1 Å². The summed E-state index contributed by atoms with van der Waals surface area (Å²) < 4.78 is 1.57. The molecule has 2 N–H and O–H groups in total. The topological polar surface area (TPSA) is 95.9 Å². The van der Waals surface area contributed by atoms with Crippen LogP contribution in [0.4, 0.5) is 5.95 Å². The van der Waals surface area contributed by atoms with Gasteiger partial charge in [-0.1, -0.05) is 0 Å². The minimum absolute atomic E-state index is 0.0797. The molecule has 0 aliphatic heterocycles. The van der Waals surface area contributed by atoms with Crippen LogP contribution in [-0.4, -0.2) is 51.0 Å². The SMILES string of the molecule is CN(C)C(=O)CNc1nc2nc[nH]c(=O)c2n1C. The van der Waals surface area contributed by atoms with Crippen molar-refractivity contribution in [2.45, 2.75) is 0 Å². The molecule has 0 aliphatic rings. The van der Waals surface area contributed by atoms with Crippen LogP contribution in [0.1, 0.15) is 0 Å². The number of nitrogens with zero attached hydrogens (tertiary/aromatic N) is 4. The first kappa shape index (κ1) is 12.1. The number of likely N-dealkylation sites (N-methyl/N-ethyl adjacent to an activating group) is 1. The average Bonchev–Trinajstić information content (AvgIpc) is 2.64. The van der Waals surface area contributed by atoms with Crippen molar-refractivity contribution in [2.24, 2.45) is 7.05 Å². The van der Waals surface area contributed by atoms with Crippen LogP contribution >= 0.6 is 0 Å². The molecule has 18 heavy (non-hydrogen) atoms. The Morgan fingerprint density at radius 3 is 2.89 bits per heavy atom. The number of aryl methyl sites for hydroxylation is 1. The first-order valence-electron chi connectivity index (χ1n) is 5.35. The number of H-pyrrole nitrogens is 1. The van der Waals surface area contributed by atoms with Crippen LogP contribution in [0.5, 0.6) is 0 Å². The predicted molar refractivity (Wildman–Crippen MR) is 66.3 cm³/mol. The summed E-state index contributed by atoms with van der Waals surface area (Å²) in [6.45, 7) is 0.113. The third-order valence-electron chi connectivity index (χ3n) is 2.57. The number of anilines is 1. The van der Waals surface area contributed by atoms with Gasteiger partial charge in [0.05, 0.1) is 12.9 Å². The lowest BCUT2D eigenvalue weighted by Crippen LogP contribution is -2.29. The van der Waals surface area contributed by atoms with Crippen molar-refractivity contribution in [1.29, 1.82) is 0 Å². The van der Waals surface area contributed by atoms with Crippen molar-refractivity contribution in [1.82, 2.24) is 24.4 Å². The highest BCUT2D eigenvalue weighted by Gasteiger charge is 2.12. The minimum atomic E-state index is -0.262. The van der Waals surface area contributed by atoms with Gasteiger partial charge in [0, 0.05) is 21.1 Å². The summed E-state index contributed by atoms with van der Waals surface area (Å²) in [5.74, 6) is 0.355. The van der Waals surface area contributed by atoms with Gasteiger partial charge in [-0.3, -0.25) is 9.59 Å². The van der Waals surface area contributed by atoms with Crippen molar-refractivity contribution < 1.29 is 4.79 Å². The fourth-order valence-corrected chi connectivity index (χ4v) is 1.52. The number of aromatic nitrogens is 4. The third kappa shape index (κ3) is 2.04. The quantitative estimate of drug-likeness (QED) is 0.740. The summed E-state index contributed by atoms with van der Waals surface area (Å²) >= 11 is 0. The molecule has 96 valence electrons. The van der Waals surface area contributed by atoms with Gasteiger partial charge in [0.25, 0.3) is 5.56 Å². The Balaban J connectivity index is 2.30. The highest BCUT2D eigenvalue weighted by Crippen LogP contribution is 2.11. The number of rotatable bonds is 3. The van der Waals surface area contributed by atoms with Crippen molar-refractivity contribution in [3.63, 3.8) is 0 Å². The molecule has 0 saturated carbocycles. The van der Waals surface area contributed by atoms with E-state index in [1.807, 2.05) is 0 Å². The van der Waals surface area contributed by atoms with Gasteiger partial charge in [-0.15, -0.1) is 0 Å². The van der Waals surface area contributed by atoms with Gasteiger partial charge in [-0.05, 0) is 0 Å². The predicted octanol–water partition coefficient (Wildman–Crippen LogP) is -0.843. The fourth-order valence-electron chi connectivity index (χ4n) is 1.52. The van der Waals surface area contributed by atoms with Gasteiger partial charge in [-0.2, -0.15) is 4.98 Å². The van der Waals surface area contributed by atoms with Gasteiger partial charge in [0.15, 0.2) is 11.2 Å². The zero-order chi connectivity index (χ0) is 13.3. The van der Waals surface area contributed by atoms with Crippen molar-refractivity contribution in [3.8, 4) is 0 Å². The van der Waals surface area contributed by atoms with Crippen LogP contribution in [0.25, 0.3) is 11.2 Å². The number of carbonyl (C=O) groups is 1. The lowest BCUT2D eigenvalue weighted by atomic mass is 10.5. The molecule has 0 radical (unpaired) electrons. The largest absolute Gasteiger partial charge is 0.347 e. The van der Waals surface area contributed by atoms with E-state index in [4.69, 9.17) is 0 Å². The Morgan fingerprint density at radius 2 is 2.28 bits per heavy atom. The van der Waals surface area contributed by atoms with Gasteiger partial charge in [0.2, 0.25) is 11.9 Å². The number of fused-ring (bicyclic) bond motifs is 1. The van der Waals surface area contributed by atoms with E-state index in [1.165, 1.54) is 11.2 Å². The van der Waals surface area contributed by atoms with Gasteiger partial charge >= 0.3 is 0 Å². The van der Waals surface area contributed by atoms with Crippen LogP contribution in [0.15, 0.2) is 11.1 Å². The molecule has 0 unspecified atom stereocenters. The van der Waals surface area contributed by atoms with Crippen LogP contribution < -0.4 is 10.9 Å². The molecular weight excluding hydrogens is 236 g/mol. The number of amides is 1. The summed E-state index contributed by atoms with van der Waals surface area (Å²) in [6, 6.07) is 0. The zero-order valence-electron chi connectivity index (χ0n) is 10.4. The van der Waals surface area contributed by atoms with Gasteiger partial charge in [-0.25, -0.2) is 4.98 Å². The highest BCUT2D eigenvalue weighted by molar-refractivity contribution is 5.81. The second kappa shape index (κ2) is 4.47. The van der Waals surface area contributed by atoms with Crippen LogP contribution in [0, 0.1) is 0 Å². The monoisotopic (exact) mass is 250 g/mol. The Kier molecular flexibility index (Phi) is 3.00. The number of aromatic amines is 1. The van der Waals surface area contributed by atoms with E-state index in [0.717, 1.165) is 0 Å². The third-order valence-corrected chi connectivity index (χ3v) is 2.57. The molecule has 0 fully saturated rings. The Labute approximate surface area is 103 Å². The summed E-state index contributed by atoms with van der Waals surface area (Å²) in [5.41, 5.74) is 0.459. The maximum absolute atomic E-state index is 11.6. The molecule has 2 heterocycles. The summed E-state index contributed by atoms with van der Waals surface area (Å²) in [5, 5.41) is 2.88. The Bertz CT molecular complexity index is 641. The molecule has 2 aromatic heterocycles. The maximum Gasteiger partial charge on any atom is 0.277 e. The molecule has 8 heteroatoms. The van der Waals surface area contributed by atoms with E-state index in [9.17, 15) is 9.59 Å². The number of hydrogen-bond acceptors (Lipinski definition) is 5. The summed E-state index contributed by atoms with van der Waals surface area (Å²) in [4.78, 5) is 35.1. The first-order chi connectivity index (χ1) is 8.50. The summed E-state index contributed by atoms with van der Waals surface area (Å²) in [6.07, 6.45) is 1.30. The molecule has 0 atom stereocenters. The molecule has 0 saturated heterocycles. The second-order valence-electron chi connectivity index (χ2n) is 4.04. The van der Waals surface area contributed by atoms with Crippen LogP contribution in [-0.2, 0) is 11.8 Å². The van der Waals surface area contributed by atoms with Crippen molar-refractivity contribution in [2.75, 3.05) is 26.0 Å². The van der Waals surface area contributed by atoms with E-state index in [-0.39, 0.29) is 18.0 Å². The molecule has 8 nitrogen and oxygen atoms in total. The summed E-state index contributed by atoms with van der Waals surface area (Å²) in [7, 11) is 5.03. The standard InChI is InChI=1S/C10H14N6O2/c1-15(2)6(17)4-11-10-14-8-7(16(10)3)9(18)13-5-12-8/h5H,4H2,1-3H3,(H2,11,12,13,14,18). The van der Waals surface area contributed by atoms with Crippen LogP contribution in [0.2, 0.25) is 0 Å². The Hall–Kier alpha value is -2.38. The minimum Gasteiger partial charge on any atom is -0.347 e. The normalized spacial score (nSPS) is 10.6. The molecule has 0 bridgehead atoms. The average molecular weight is 250 g/mol. The number of imidazole rings is 1. The molecule has 2 rings (SSSR count). The Morgan fingerprint density at radius 1 is 1.56 bits per heavy atom. The second-order valence-corrected chi connectivity index (χ2v) is 4.04. The molecule has 2 aromatic rings. The van der Waals surface area contributed by atoms with E-state index in [2.05, 4.69) is 20.3 Å². The van der Waals surface area contributed by atoms with Crippen molar-refractivity contribution in [3.05, 3.63) is 16.7 Å². The smallest absolute Gasteiger partial charge is 0.277 e. The maximum atomic E-state index is 11.6. The van der Waals surface area contributed by atoms with Gasteiger partial charge in [0.1, 0.15) is 0 Å². The molecule has 0 spiro atoms. The highest BCUT2D eigenvalue weighted by atomic mass is 16.2. The number of carbonyl (C=O) groups excluding carboxylic acids is 1. The van der Waals surface area contributed by atoms with Gasteiger partial charge < -0.3 is 19.8 Å². The molecule has 0 aliphatic carbocycles. The first-order valence-corrected chi connectivity index (χ1v) is 5.35. The van der Waals surface area contributed by atoms with E-state index < -0.39 is 0 Å². The zero-order valence-corrected chi connectivity index (χ0v) is 10.4. The van der Waals surface area contributed by atoms with E-state index in [1.54, 1.807) is 25.7 Å². The molecule has 0 aromatic carbocycles. The number of nitrogens with one attached hydrogen (secondary N) is 2.